The normalized spacial score (nSPS) is 10.7. The third kappa shape index (κ3) is 4.56. The van der Waals surface area contributed by atoms with Gasteiger partial charge in [0, 0.05) is 12.4 Å². The molecule has 0 saturated heterocycles. The van der Waals surface area contributed by atoms with Gasteiger partial charge in [-0.25, -0.2) is 0 Å². The molecule has 0 unspecified atom stereocenters. The first kappa shape index (κ1) is 17.4. The fourth-order valence-corrected chi connectivity index (χ4v) is 2.41. The summed E-state index contributed by atoms with van der Waals surface area (Å²) in [4.78, 5) is 22.8. The minimum atomic E-state index is -0.910. The van der Waals surface area contributed by atoms with E-state index in [9.17, 15) is 9.59 Å². The number of amides is 1. The standard InChI is InChI=1S/C18H19N5O3/c1-13-2-4-14(5-3-13)11-23-12-15(10-19-23)20-18(26)16-6-8-22(21-16)9-7-17(24)25/h2-6,8,10,12H,7,9,11H2,1H3,(H,20,26)(H,24,25). The van der Waals surface area contributed by atoms with Gasteiger partial charge in [0.2, 0.25) is 0 Å². The van der Waals surface area contributed by atoms with E-state index in [4.69, 9.17) is 5.11 Å². The van der Waals surface area contributed by atoms with Crippen molar-refractivity contribution in [2.45, 2.75) is 26.4 Å². The Morgan fingerprint density at radius 1 is 1.15 bits per heavy atom. The van der Waals surface area contributed by atoms with Crippen molar-refractivity contribution in [2.24, 2.45) is 0 Å². The summed E-state index contributed by atoms with van der Waals surface area (Å²) in [5.41, 5.74) is 3.11. The summed E-state index contributed by atoms with van der Waals surface area (Å²) < 4.78 is 3.18. The number of nitrogens with zero attached hydrogens (tertiary/aromatic N) is 4. The average Bonchev–Trinajstić information content (AvgIpc) is 3.24. The second-order valence-corrected chi connectivity index (χ2v) is 5.97. The van der Waals surface area contributed by atoms with Crippen LogP contribution in [-0.2, 0) is 17.9 Å². The summed E-state index contributed by atoms with van der Waals surface area (Å²) in [6.07, 6.45) is 4.86. The maximum Gasteiger partial charge on any atom is 0.305 e. The minimum Gasteiger partial charge on any atom is -0.481 e. The van der Waals surface area contributed by atoms with Crippen LogP contribution in [0, 0.1) is 6.92 Å². The molecule has 0 aliphatic carbocycles. The average molecular weight is 353 g/mol. The molecule has 0 atom stereocenters. The van der Waals surface area contributed by atoms with Crippen LogP contribution in [0.5, 0.6) is 0 Å². The predicted octanol–water partition coefficient (Wildman–Crippen LogP) is 2.16. The Bertz CT molecular complexity index is 911. The molecule has 1 amide bonds. The van der Waals surface area contributed by atoms with E-state index in [2.05, 4.69) is 15.5 Å². The van der Waals surface area contributed by atoms with Crippen molar-refractivity contribution < 1.29 is 14.7 Å². The molecule has 8 nitrogen and oxygen atoms in total. The Balaban J connectivity index is 1.59. The maximum atomic E-state index is 12.2. The first-order valence-electron chi connectivity index (χ1n) is 8.14. The van der Waals surface area contributed by atoms with Crippen molar-refractivity contribution in [1.29, 1.82) is 0 Å². The smallest absolute Gasteiger partial charge is 0.305 e. The highest BCUT2D eigenvalue weighted by molar-refractivity contribution is 6.02. The molecule has 2 N–H and O–H groups in total. The minimum absolute atomic E-state index is 0.0471. The number of aromatic nitrogens is 4. The first-order valence-corrected chi connectivity index (χ1v) is 8.14. The number of carboxylic acids is 1. The lowest BCUT2D eigenvalue weighted by molar-refractivity contribution is -0.137. The van der Waals surface area contributed by atoms with Crippen LogP contribution in [0.4, 0.5) is 5.69 Å². The number of anilines is 1. The zero-order chi connectivity index (χ0) is 18.5. The highest BCUT2D eigenvalue weighted by Gasteiger charge is 2.11. The van der Waals surface area contributed by atoms with Gasteiger partial charge in [0.1, 0.15) is 0 Å². The van der Waals surface area contributed by atoms with E-state index in [1.165, 1.54) is 10.2 Å². The fraction of sp³-hybridized carbons (Fsp3) is 0.222. The van der Waals surface area contributed by atoms with Crippen molar-refractivity contribution in [1.82, 2.24) is 19.6 Å². The number of aryl methyl sites for hydroxylation is 2. The molecule has 0 bridgehead atoms. The number of hydrogen-bond donors (Lipinski definition) is 2. The van der Waals surface area contributed by atoms with Crippen molar-refractivity contribution in [2.75, 3.05) is 5.32 Å². The number of carbonyl (C=O) groups excluding carboxylic acids is 1. The number of carboxylic acid groups (broad SMARTS) is 1. The van der Waals surface area contributed by atoms with Gasteiger partial charge in [-0.3, -0.25) is 19.0 Å². The summed E-state index contributed by atoms with van der Waals surface area (Å²) in [5, 5.41) is 19.7. The highest BCUT2D eigenvalue weighted by Crippen LogP contribution is 2.10. The molecular weight excluding hydrogens is 334 g/mol. The molecule has 2 heterocycles. The van der Waals surface area contributed by atoms with Crippen LogP contribution in [0.15, 0.2) is 48.9 Å². The molecule has 3 aromatic rings. The van der Waals surface area contributed by atoms with Gasteiger partial charge in [-0.2, -0.15) is 10.2 Å². The van der Waals surface area contributed by atoms with Gasteiger partial charge >= 0.3 is 5.97 Å². The summed E-state index contributed by atoms with van der Waals surface area (Å²) in [5.74, 6) is -1.28. The molecule has 26 heavy (non-hydrogen) atoms. The van der Waals surface area contributed by atoms with E-state index in [0.717, 1.165) is 5.56 Å². The monoisotopic (exact) mass is 353 g/mol. The highest BCUT2D eigenvalue weighted by atomic mass is 16.4. The number of aliphatic carboxylic acids is 1. The van der Waals surface area contributed by atoms with Crippen molar-refractivity contribution in [3.63, 3.8) is 0 Å². The molecule has 0 saturated carbocycles. The van der Waals surface area contributed by atoms with Crippen LogP contribution in [-0.4, -0.2) is 36.5 Å². The van der Waals surface area contributed by atoms with Crippen molar-refractivity contribution in [3.05, 3.63) is 65.7 Å². The quantitative estimate of drug-likeness (QED) is 0.678. The molecule has 0 aliphatic heterocycles. The van der Waals surface area contributed by atoms with E-state index in [1.807, 2.05) is 31.2 Å². The van der Waals surface area contributed by atoms with E-state index < -0.39 is 5.97 Å². The van der Waals surface area contributed by atoms with Gasteiger partial charge in [0.15, 0.2) is 5.69 Å². The van der Waals surface area contributed by atoms with E-state index in [-0.39, 0.29) is 24.6 Å². The predicted molar refractivity (Wildman–Crippen MR) is 94.9 cm³/mol. The van der Waals surface area contributed by atoms with Crippen LogP contribution in [0.25, 0.3) is 0 Å². The number of nitrogens with one attached hydrogen (secondary N) is 1. The summed E-state index contributed by atoms with van der Waals surface area (Å²) >= 11 is 0. The molecule has 1 aromatic carbocycles. The van der Waals surface area contributed by atoms with Gasteiger partial charge in [-0.05, 0) is 18.6 Å². The van der Waals surface area contributed by atoms with Crippen molar-refractivity contribution in [3.8, 4) is 0 Å². The second-order valence-electron chi connectivity index (χ2n) is 5.97. The van der Waals surface area contributed by atoms with Crippen LogP contribution in [0.1, 0.15) is 28.0 Å². The molecule has 0 aliphatic rings. The third-order valence-electron chi connectivity index (χ3n) is 3.78. The summed E-state index contributed by atoms with van der Waals surface area (Å²) in [6, 6.07) is 9.72. The van der Waals surface area contributed by atoms with Crippen LogP contribution < -0.4 is 5.32 Å². The molecule has 0 fully saturated rings. The van der Waals surface area contributed by atoms with Crippen molar-refractivity contribution >= 4 is 17.6 Å². The molecule has 0 spiro atoms. The second kappa shape index (κ2) is 7.64. The third-order valence-corrected chi connectivity index (χ3v) is 3.78. The zero-order valence-corrected chi connectivity index (χ0v) is 14.3. The van der Waals surface area contributed by atoms with Gasteiger partial charge in [0.25, 0.3) is 5.91 Å². The Kier molecular flexibility index (Phi) is 5.12. The Hall–Kier alpha value is -3.42. The lowest BCUT2D eigenvalue weighted by atomic mass is 10.1. The molecule has 3 rings (SSSR count). The van der Waals surface area contributed by atoms with Gasteiger partial charge in [-0.1, -0.05) is 29.8 Å². The van der Waals surface area contributed by atoms with E-state index in [0.29, 0.717) is 12.2 Å². The molecule has 0 radical (unpaired) electrons. The lowest BCUT2D eigenvalue weighted by Crippen LogP contribution is -2.13. The Labute approximate surface area is 150 Å². The zero-order valence-electron chi connectivity index (χ0n) is 14.3. The molecule has 134 valence electrons. The maximum absolute atomic E-state index is 12.2. The van der Waals surface area contributed by atoms with Crippen LogP contribution in [0.2, 0.25) is 0 Å². The summed E-state index contributed by atoms with van der Waals surface area (Å²) in [7, 11) is 0. The Morgan fingerprint density at radius 2 is 1.92 bits per heavy atom. The molecule has 8 heteroatoms. The largest absolute Gasteiger partial charge is 0.481 e. The summed E-state index contributed by atoms with van der Waals surface area (Å²) in [6.45, 7) is 2.87. The SMILES string of the molecule is Cc1ccc(Cn2cc(NC(=O)c3ccn(CCC(=O)O)n3)cn2)cc1. The number of carbonyl (C=O) groups is 2. The van der Waals surface area contributed by atoms with Gasteiger partial charge < -0.3 is 10.4 Å². The Morgan fingerprint density at radius 3 is 2.65 bits per heavy atom. The molecule has 2 aromatic heterocycles. The van der Waals surface area contributed by atoms with Crippen LogP contribution in [0.3, 0.4) is 0 Å². The van der Waals surface area contributed by atoms with Gasteiger partial charge in [0.05, 0.1) is 31.4 Å². The number of rotatable bonds is 7. The first-order chi connectivity index (χ1) is 12.5. The van der Waals surface area contributed by atoms with Gasteiger partial charge in [-0.15, -0.1) is 0 Å². The van der Waals surface area contributed by atoms with Crippen LogP contribution >= 0.6 is 0 Å². The topological polar surface area (TPSA) is 102 Å². The fourth-order valence-electron chi connectivity index (χ4n) is 2.41. The van der Waals surface area contributed by atoms with E-state index in [1.54, 1.807) is 29.3 Å². The van der Waals surface area contributed by atoms with E-state index >= 15 is 0 Å². The molecular formula is C18H19N5O3. The number of benzene rings is 1. The lowest BCUT2D eigenvalue weighted by Gasteiger charge is -2.02. The number of hydrogen-bond acceptors (Lipinski definition) is 4.